The number of rotatable bonds is 5. The summed E-state index contributed by atoms with van der Waals surface area (Å²) in [7, 11) is 2.80. The summed E-state index contributed by atoms with van der Waals surface area (Å²) < 4.78 is 14.9. The van der Waals surface area contributed by atoms with Crippen LogP contribution in [-0.2, 0) is 16.1 Å². The van der Waals surface area contributed by atoms with E-state index in [9.17, 15) is 14.4 Å². The first-order valence-electron chi connectivity index (χ1n) is 7.67. The molecule has 1 saturated heterocycles. The van der Waals surface area contributed by atoms with Crippen LogP contribution >= 0.6 is 0 Å². The molecule has 1 aliphatic heterocycles. The van der Waals surface area contributed by atoms with E-state index in [1.165, 1.54) is 19.2 Å². The number of hydrogen-bond acceptors (Lipinski definition) is 6. The molecule has 0 radical (unpaired) electrons. The third kappa shape index (κ3) is 3.44. The van der Waals surface area contributed by atoms with Crippen LogP contribution in [0.25, 0.3) is 6.08 Å². The minimum absolute atomic E-state index is 0.00329. The Morgan fingerprint density at radius 3 is 2.54 bits per heavy atom. The molecule has 1 aromatic heterocycles. The summed E-state index contributed by atoms with van der Waals surface area (Å²) in [5.41, 5.74) is 0.891. The molecule has 8 nitrogen and oxygen atoms in total. The van der Waals surface area contributed by atoms with E-state index in [0.717, 1.165) is 10.5 Å². The number of carbonyl (C=O) groups is 3. The largest absolute Gasteiger partial charge is 0.497 e. The zero-order chi connectivity index (χ0) is 18.7. The molecule has 1 N–H and O–H groups in total. The van der Waals surface area contributed by atoms with Gasteiger partial charge in [0, 0.05) is 0 Å². The Labute approximate surface area is 149 Å². The zero-order valence-electron chi connectivity index (χ0n) is 14.1. The molecule has 2 aromatic rings. The lowest BCUT2D eigenvalue weighted by atomic mass is 10.2. The Hall–Kier alpha value is -3.55. The number of nitrogens with zero attached hydrogens (tertiary/aromatic N) is 1. The van der Waals surface area contributed by atoms with Crippen LogP contribution in [0.5, 0.6) is 5.75 Å². The first kappa shape index (κ1) is 17.3. The molecule has 1 aromatic carbocycles. The van der Waals surface area contributed by atoms with Crippen LogP contribution < -0.4 is 10.1 Å². The van der Waals surface area contributed by atoms with Crippen molar-refractivity contribution in [1.82, 2.24) is 10.2 Å². The molecule has 0 saturated carbocycles. The zero-order valence-corrected chi connectivity index (χ0v) is 14.1. The lowest BCUT2D eigenvalue weighted by Gasteiger charge is -2.09. The second-order valence-electron chi connectivity index (χ2n) is 5.41. The van der Waals surface area contributed by atoms with Crippen molar-refractivity contribution >= 4 is 24.0 Å². The van der Waals surface area contributed by atoms with Gasteiger partial charge in [0.05, 0.1) is 20.8 Å². The lowest BCUT2D eigenvalue weighted by molar-refractivity contribution is -0.123. The smallest absolute Gasteiger partial charge is 0.373 e. The average Bonchev–Trinajstić information content (AvgIpc) is 3.22. The molecule has 0 bridgehead atoms. The van der Waals surface area contributed by atoms with Crippen molar-refractivity contribution in [3.05, 3.63) is 59.2 Å². The first-order chi connectivity index (χ1) is 12.5. The number of esters is 1. The Balaban J connectivity index is 1.75. The Morgan fingerprint density at radius 2 is 1.88 bits per heavy atom. The second kappa shape index (κ2) is 7.14. The summed E-state index contributed by atoms with van der Waals surface area (Å²) in [5, 5.41) is 2.53. The monoisotopic (exact) mass is 356 g/mol. The van der Waals surface area contributed by atoms with E-state index in [0.29, 0.717) is 11.5 Å². The molecule has 1 fully saturated rings. The van der Waals surface area contributed by atoms with Gasteiger partial charge in [-0.15, -0.1) is 0 Å². The van der Waals surface area contributed by atoms with Gasteiger partial charge in [-0.1, -0.05) is 12.1 Å². The Bertz CT molecular complexity index is 881. The molecular weight excluding hydrogens is 340 g/mol. The highest BCUT2D eigenvalue weighted by atomic mass is 16.5. The van der Waals surface area contributed by atoms with E-state index >= 15 is 0 Å². The number of methoxy groups -OCH3 is 2. The minimum atomic E-state index is -0.631. The number of hydrogen-bond donors (Lipinski definition) is 1. The highest BCUT2D eigenvalue weighted by Gasteiger charge is 2.34. The molecular formula is C18H16N2O6. The van der Waals surface area contributed by atoms with E-state index in [4.69, 9.17) is 9.15 Å². The van der Waals surface area contributed by atoms with Crippen molar-refractivity contribution in [2.45, 2.75) is 6.54 Å². The van der Waals surface area contributed by atoms with E-state index < -0.39 is 17.9 Å². The fourth-order valence-electron chi connectivity index (χ4n) is 2.41. The summed E-state index contributed by atoms with van der Waals surface area (Å²) >= 11 is 0. The maximum Gasteiger partial charge on any atom is 0.373 e. The fourth-order valence-corrected chi connectivity index (χ4v) is 2.41. The van der Waals surface area contributed by atoms with Crippen molar-refractivity contribution in [1.29, 1.82) is 0 Å². The van der Waals surface area contributed by atoms with Gasteiger partial charge in [0.25, 0.3) is 5.91 Å². The van der Waals surface area contributed by atoms with Gasteiger partial charge in [-0.25, -0.2) is 9.59 Å². The van der Waals surface area contributed by atoms with Crippen molar-refractivity contribution in [2.75, 3.05) is 14.2 Å². The summed E-state index contributed by atoms with van der Waals surface area (Å²) in [6, 6.07) is 9.41. The number of carbonyl (C=O) groups excluding carboxylic acids is 3. The van der Waals surface area contributed by atoms with Gasteiger partial charge >= 0.3 is 12.0 Å². The van der Waals surface area contributed by atoms with Gasteiger partial charge in [0.15, 0.2) is 0 Å². The van der Waals surface area contributed by atoms with E-state index in [1.807, 2.05) is 0 Å². The molecule has 26 heavy (non-hydrogen) atoms. The van der Waals surface area contributed by atoms with Crippen LogP contribution in [0.2, 0.25) is 0 Å². The fraction of sp³-hybridized carbons (Fsp3) is 0.167. The third-order valence-corrected chi connectivity index (χ3v) is 3.75. The SMILES string of the molecule is COC(=O)c1ccc(CN2C(=O)NC(=Cc3ccc(OC)cc3)C2=O)o1. The first-order valence-corrected chi connectivity index (χ1v) is 7.67. The van der Waals surface area contributed by atoms with Crippen molar-refractivity contribution in [3.8, 4) is 5.75 Å². The molecule has 3 amide bonds. The average molecular weight is 356 g/mol. The maximum absolute atomic E-state index is 12.5. The highest BCUT2D eigenvalue weighted by Crippen LogP contribution is 2.19. The number of ether oxygens (including phenoxy) is 2. The van der Waals surface area contributed by atoms with Crippen LogP contribution in [-0.4, -0.2) is 37.0 Å². The molecule has 1 aliphatic rings. The molecule has 134 valence electrons. The molecule has 0 unspecified atom stereocenters. The summed E-state index contributed by atoms with van der Waals surface area (Å²) in [5.74, 6) is -0.131. The van der Waals surface area contributed by atoms with Crippen LogP contribution in [0.3, 0.4) is 0 Å². The number of amides is 3. The number of benzene rings is 1. The Kier molecular flexibility index (Phi) is 4.74. The maximum atomic E-state index is 12.5. The minimum Gasteiger partial charge on any atom is -0.497 e. The quantitative estimate of drug-likeness (QED) is 0.501. The predicted octanol–water partition coefficient (Wildman–Crippen LogP) is 2.17. The molecule has 2 heterocycles. The Morgan fingerprint density at radius 1 is 1.15 bits per heavy atom. The summed E-state index contributed by atoms with van der Waals surface area (Å²) in [4.78, 5) is 36.9. The van der Waals surface area contributed by atoms with E-state index in [1.54, 1.807) is 37.5 Å². The number of nitrogens with one attached hydrogen (secondary N) is 1. The number of imide groups is 1. The molecule has 0 aliphatic carbocycles. The third-order valence-electron chi connectivity index (χ3n) is 3.75. The topological polar surface area (TPSA) is 98.1 Å². The van der Waals surface area contributed by atoms with Crippen molar-refractivity contribution in [3.63, 3.8) is 0 Å². The van der Waals surface area contributed by atoms with Gasteiger partial charge in [-0.2, -0.15) is 0 Å². The number of furan rings is 1. The summed E-state index contributed by atoms with van der Waals surface area (Å²) in [6.07, 6.45) is 1.57. The van der Waals surface area contributed by atoms with Gasteiger partial charge in [-0.05, 0) is 35.9 Å². The highest BCUT2D eigenvalue weighted by molar-refractivity contribution is 6.13. The standard InChI is InChI=1S/C18H16N2O6/c1-24-12-5-3-11(4-6-12)9-14-16(21)20(18(23)19-14)10-13-7-8-15(26-13)17(22)25-2/h3-9H,10H2,1-2H3,(H,19,23). The van der Waals surface area contributed by atoms with Crippen LogP contribution in [0.4, 0.5) is 4.79 Å². The van der Waals surface area contributed by atoms with Crippen molar-refractivity contribution < 1.29 is 28.3 Å². The summed E-state index contributed by atoms with van der Waals surface area (Å²) in [6.45, 7) is -0.0956. The predicted molar refractivity (Wildman–Crippen MR) is 90.1 cm³/mol. The molecule has 8 heteroatoms. The van der Waals surface area contributed by atoms with Crippen LogP contribution in [0.1, 0.15) is 21.9 Å². The second-order valence-corrected chi connectivity index (χ2v) is 5.41. The van der Waals surface area contributed by atoms with Gasteiger partial charge in [-0.3, -0.25) is 9.69 Å². The lowest BCUT2D eigenvalue weighted by Crippen LogP contribution is -2.30. The molecule has 0 spiro atoms. The number of urea groups is 1. The normalized spacial score (nSPS) is 15.3. The van der Waals surface area contributed by atoms with Crippen LogP contribution in [0, 0.1) is 0 Å². The van der Waals surface area contributed by atoms with Crippen molar-refractivity contribution in [2.24, 2.45) is 0 Å². The van der Waals surface area contributed by atoms with E-state index in [-0.39, 0.29) is 18.0 Å². The van der Waals surface area contributed by atoms with Crippen LogP contribution in [0.15, 0.2) is 46.5 Å². The van der Waals surface area contributed by atoms with Gasteiger partial charge in [0.2, 0.25) is 5.76 Å². The van der Waals surface area contributed by atoms with Gasteiger partial charge in [0.1, 0.15) is 17.2 Å². The molecule has 0 atom stereocenters. The molecule has 3 rings (SSSR count). The van der Waals surface area contributed by atoms with E-state index in [2.05, 4.69) is 10.1 Å². The van der Waals surface area contributed by atoms with Gasteiger partial charge < -0.3 is 19.2 Å².